The van der Waals surface area contributed by atoms with Gasteiger partial charge >= 0.3 is 0 Å². The molecule has 0 saturated carbocycles. The molecule has 0 aliphatic carbocycles. The van der Waals surface area contributed by atoms with Gasteiger partial charge in [0.15, 0.2) is 0 Å². The van der Waals surface area contributed by atoms with Crippen LogP contribution in [0.5, 0.6) is 0 Å². The Balaban J connectivity index is 1.81. The molecule has 0 aliphatic rings. The van der Waals surface area contributed by atoms with E-state index in [1.165, 1.54) is 12.5 Å². The van der Waals surface area contributed by atoms with Crippen LogP contribution in [0.2, 0.25) is 0 Å². The molecule has 0 saturated heterocycles. The molecule has 0 bridgehead atoms. The van der Waals surface area contributed by atoms with E-state index in [-0.39, 0.29) is 5.91 Å². The van der Waals surface area contributed by atoms with Crippen LogP contribution in [0.4, 0.5) is 5.82 Å². The minimum atomic E-state index is -0.0324. The van der Waals surface area contributed by atoms with Crippen LogP contribution >= 0.6 is 11.8 Å². The van der Waals surface area contributed by atoms with Gasteiger partial charge in [0.1, 0.15) is 10.8 Å². The summed E-state index contributed by atoms with van der Waals surface area (Å²) in [5.41, 5.74) is 1.26. The van der Waals surface area contributed by atoms with Crippen LogP contribution in [-0.4, -0.2) is 29.0 Å². The lowest BCUT2D eigenvalue weighted by Gasteiger charge is -2.07. The van der Waals surface area contributed by atoms with E-state index in [9.17, 15) is 4.79 Å². The quantitative estimate of drug-likeness (QED) is 0.607. The maximum Gasteiger partial charge on any atom is 0.216 e. The first-order valence-corrected chi connectivity index (χ1v) is 7.69. The molecule has 2 aromatic rings. The third-order valence-corrected chi connectivity index (χ3v) is 3.62. The second-order valence-electron chi connectivity index (χ2n) is 4.43. The van der Waals surface area contributed by atoms with Gasteiger partial charge in [-0.1, -0.05) is 30.3 Å². The number of rotatable bonds is 7. The average Bonchev–Trinajstić information content (AvgIpc) is 2.51. The van der Waals surface area contributed by atoms with Crippen molar-refractivity contribution >= 4 is 23.5 Å². The summed E-state index contributed by atoms with van der Waals surface area (Å²) >= 11 is 1.65. The normalized spacial score (nSPS) is 10.1. The molecule has 1 aromatic heterocycles. The molecule has 0 atom stereocenters. The summed E-state index contributed by atoms with van der Waals surface area (Å²) < 4.78 is 0. The van der Waals surface area contributed by atoms with E-state index in [1.54, 1.807) is 24.2 Å². The van der Waals surface area contributed by atoms with Crippen molar-refractivity contribution in [1.82, 2.24) is 15.3 Å². The zero-order valence-corrected chi connectivity index (χ0v) is 12.7. The van der Waals surface area contributed by atoms with E-state index in [4.69, 9.17) is 0 Å². The van der Waals surface area contributed by atoms with Gasteiger partial charge in [-0.2, -0.15) is 0 Å². The number of hydrogen-bond acceptors (Lipinski definition) is 5. The van der Waals surface area contributed by atoms with Crippen LogP contribution in [-0.2, 0) is 10.5 Å². The van der Waals surface area contributed by atoms with Crippen LogP contribution < -0.4 is 10.6 Å². The number of anilines is 1. The number of thioether (sulfide) groups is 1. The third-order valence-electron chi connectivity index (χ3n) is 2.65. The predicted octanol–water partition coefficient (Wildman–Crippen LogP) is 2.32. The van der Waals surface area contributed by atoms with Gasteiger partial charge < -0.3 is 10.6 Å². The first-order valence-electron chi connectivity index (χ1n) is 6.71. The number of aromatic nitrogens is 2. The van der Waals surface area contributed by atoms with Crippen LogP contribution in [0.1, 0.15) is 12.5 Å². The Hall–Kier alpha value is -2.08. The molecule has 2 N–H and O–H groups in total. The Labute approximate surface area is 128 Å². The zero-order valence-electron chi connectivity index (χ0n) is 11.9. The summed E-state index contributed by atoms with van der Waals surface area (Å²) in [6.45, 7) is 2.69. The highest BCUT2D eigenvalue weighted by molar-refractivity contribution is 7.98. The molecule has 1 heterocycles. The molecule has 1 aromatic carbocycles. The highest BCUT2D eigenvalue weighted by Gasteiger charge is 2.00. The summed E-state index contributed by atoms with van der Waals surface area (Å²) in [6, 6.07) is 10.3. The molecular formula is C15H18N4OS. The number of hydrogen-bond donors (Lipinski definition) is 2. The maximum atomic E-state index is 10.8. The van der Waals surface area contributed by atoms with Gasteiger partial charge in [0, 0.05) is 25.8 Å². The first kappa shape index (κ1) is 15.3. The minimum absolute atomic E-state index is 0.0324. The Morgan fingerprint density at radius 1 is 1.19 bits per heavy atom. The number of carbonyl (C=O) groups excluding carboxylic acids is 1. The highest BCUT2D eigenvalue weighted by Crippen LogP contribution is 2.20. The van der Waals surface area contributed by atoms with Crippen LogP contribution in [0.3, 0.4) is 0 Å². The average molecular weight is 302 g/mol. The van der Waals surface area contributed by atoms with E-state index in [0.717, 1.165) is 16.6 Å². The number of nitrogens with zero attached hydrogens (tertiary/aromatic N) is 2. The van der Waals surface area contributed by atoms with Gasteiger partial charge in [-0.25, -0.2) is 4.98 Å². The second-order valence-corrected chi connectivity index (χ2v) is 5.42. The monoisotopic (exact) mass is 302 g/mol. The summed E-state index contributed by atoms with van der Waals surface area (Å²) in [4.78, 5) is 19.4. The fourth-order valence-corrected chi connectivity index (χ4v) is 2.47. The first-order chi connectivity index (χ1) is 10.2. The topological polar surface area (TPSA) is 66.9 Å². The minimum Gasteiger partial charge on any atom is -0.367 e. The van der Waals surface area contributed by atoms with Gasteiger partial charge in [0.05, 0.1) is 12.4 Å². The van der Waals surface area contributed by atoms with Crippen molar-refractivity contribution in [2.45, 2.75) is 17.7 Å². The number of nitrogens with one attached hydrogen (secondary N) is 2. The summed E-state index contributed by atoms with van der Waals surface area (Å²) in [5, 5.41) is 6.74. The fraction of sp³-hybridized carbons (Fsp3) is 0.267. The lowest BCUT2D eigenvalue weighted by molar-refractivity contribution is -0.118. The molecule has 0 spiro atoms. The molecule has 0 fully saturated rings. The molecule has 21 heavy (non-hydrogen) atoms. The number of benzene rings is 1. The van der Waals surface area contributed by atoms with Crippen LogP contribution in [0, 0.1) is 0 Å². The summed E-state index contributed by atoms with van der Waals surface area (Å²) in [7, 11) is 0. The molecule has 0 radical (unpaired) electrons. The van der Waals surface area contributed by atoms with E-state index in [2.05, 4.69) is 32.7 Å². The molecule has 5 nitrogen and oxygen atoms in total. The molecule has 0 unspecified atom stereocenters. The molecule has 6 heteroatoms. The standard InChI is InChI=1S/C15H18N4OS/c1-12(20)17-7-8-18-14-9-16-10-15(19-14)21-11-13-5-3-2-4-6-13/h2-6,9-10H,7-8,11H2,1H3,(H,17,20)(H,18,19). The van der Waals surface area contributed by atoms with Crippen LogP contribution in [0.25, 0.3) is 0 Å². The van der Waals surface area contributed by atoms with E-state index in [0.29, 0.717) is 13.1 Å². The van der Waals surface area contributed by atoms with E-state index in [1.807, 2.05) is 18.2 Å². The van der Waals surface area contributed by atoms with Crippen molar-refractivity contribution < 1.29 is 4.79 Å². The lowest BCUT2D eigenvalue weighted by atomic mass is 10.2. The van der Waals surface area contributed by atoms with Crippen molar-refractivity contribution in [3.63, 3.8) is 0 Å². The smallest absolute Gasteiger partial charge is 0.216 e. The Morgan fingerprint density at radius 3 is 2.76 bits per heavy atom. The molecule has 2 rings (SSSR count). The largest absolute Gasteiger partial charge is 0.367 e. The van der Waals surface area contributed by atoms with Crippen molar-refractivity contribution in [1.29, 1.82) is 0 Å². The van der Waals surface area contributed by atoms with Gasteiger partial charge in [-0.05, 0) is 5.56 Å². The fourth-order valence-electron chi connectivity index (χ4n) is 1.66. The summed E-state index contributed by atoms with van der Waals surface area (Å²) in [5.74, 6) is 1.55. The number of carbonyl (C=O) groups is 1. The van der Waals surface area contributed by atoms with Crippen molar-refractivity contribution in [2.75, 3.05) is 18.4 Å². The number of amides is 1. The van der Waals surface area contributed by atoms with E-state index >= 15 is 0 Å². The van der Waals surface area contributed by atoms with Crippen molar-refractivity contribution in [3.8, 4) is 0 Å². The second kappa shape index (κ2) is 8.26. The van der Waals surface area contributed by atoms with E-state index < -0.39 is 0 Å². The van der Waals surface area contributed by atoms with Crippen molar-refractivity contribution in [3.05, 3.63) is 48.3 Å². The van der Waals surface area contributed by atoms with Crippen molar-refractivity contribution in [2.24, 2.45) is 0 Å². The predicted molar refractivity (Wildman–Crippen MR) is 85.2 cm³/mol. The van der Waals surface area contributed by atoms with Gasteiger partial charge in [-0.15, -0.1) is 11.8 Å². The Morgan fingerprint density at radius 2 is 2.00 bits per heavy atom. The zero-order chi connectivity index (χ0) is 14.9. The van der Waals surface area contributed by atoms with Crippen LogP contribution in [0.15, 0.2) is 47.8 Å². The molecule has 1 amide bonds. The Kier molecular flexibility index (Phi) is 6.02. The Bertz CT molecular complexity index is 577. The molecular weight excluding hydrogens is 284 g/mol. The SMILES string of the molecule is CC(=O)NCCNc1cncc(SCc2ccccc2)n1. The van der Waals surface area contributed by atoms with Gasteiger partial charge in [0.2, 0.25) is 5.91 Å². The highest BCUT2D eigenvalue weighted by atomic mass is 32.2. The maximum absolute atomic E-state index is 10.8. The molecule has 0 aliphatic heterocycles. The van der Waals surface area contributed by atoms with Gasteiger partial charge in [-0.3, -0.25) is 9.78 Å². The van der Waals surface area contributed by atoms with Gasteiger partial charge in [0.25, 0.3) is 0 Å². The third kappa shape index (κ3) is 5.83. The lowest BCUT2D eigenvalue weighted by Crippen LogP contribution is -2.26. The summed E-state index contributed by atoms with van der Waals surface area (Å²) in [6.07, 6.45) is 3.44. The molecule has 110 valence electrons.